The van der Waals surface area contributed by atoms with Gasteiger partial charge in [0.25, 0.3) is 0 Å². The SMILES string of the molecule is CCCCCCC(CCCC)COC(=O)CCCCCCCCC(CCCCCCCCC(=O)OCC(CCCC)CCCCCC)OC(=O)N(CCCCC(=O)OCCCC)CCCN(C)C. The summed E-state index contributed by atoms with van der Waals surface area (Å²) in [6.45, 7) is 14.7. The Morgan fingerprint density at radius 2 is 0.735 bits per heavy atom. The molecule has 0 radical (unpaired) electrons. The van der Waals surface area contributed by atoms with Gasteiger partial charge in [-0.25, -0.2) is 4.79 Å². The number of hydrogen-bond donors (Lipinski definition) is 0. The molecule has 0 aliphatic heterocycles. The van der Waals surface area contributed by atoms with E-state index >= 15 is 0 Å². The first-order valence-electron chi connectivity index (χ1n) is 29.2. The molecule has 0 bridgehead atoms. The van der Waals surface area contributed by atoms with Crippen LogP contribution >= 0.6 is 0 Å². The van der Waals surface area contributed by atoms with Gasteiger partial charge in [0, 0.05) is 32.4 Å². The lowest BCUT2D eigenvalue weighted by Gasteiger charge is -2.26. The van der Waals surface area contributed by atoms with Gasteiger partial charge in [-0.05, 0) is 122 Å². The minimum absolute atomic E-state index is 0.0417. The molecule has 0 aromatic rings. The molecule has 0 saturated heterocycles. The van der Waals surface area contributed by atoms with Crippen molar-refractivity contribution in [2.75, 3.05) is 53.6 Å². The highest BCUT2D eigenvalue weighted by Gasteiger charge is 2.21. The Morgan fingerprint density at radius 1 is 0.368 bits per heavy atom. The molecule has 0 heterocycles. The van der Waals surface area contributed by atoms with Crippen molar-refractivity contribution in [3.63, 3.8) is 0 Å². The highest BCUT2D eigenvalue weighted by Crippen LogP contribution is 2.22. The van der Waals surface area contributed by atoms with E-state index in [4.69, 9.17) is 18.9 Å². The summed E-state index contributed by atoms with van der Waals surface area (Å²) in [6, 6.07) is 0. The Morgan fingerprint density at radius 3 is 1.19 bits per heavy atom. The van der Waals surface area contributed by atoms with E-state index in [0.29, 0.717) is 70.4 Å². The van der Waals surface area contributed by atoms with Crippen molar-refractivity contribution in [1.29, 1.82) is 0 Å². The van der Waals surface area contributed by atoms with E-state index in [9.17, 15) is 19.2 Å². The molecule has 0 spiro atoms. The summed E-state index contributed by atoms with van der Waals surface area (Å²) >= 11 is 0. The fourth-order valence-electron chi connectivity index (χ4n) is 8.92. The fourth-order valence-corrected chi connectivity index (χ4v) is 8.92. The molecule has 0 aromatic heterocycles. The molecule has 0 fully saturated rings. The largest absolute Gasteiger partial charge is 0.466 e. The van der Waals surface area contributed by atoms with E-state index in [0.717, 1.165) is 135 Å². The summed E-state index contributed by atoms with van der Waals surface area (Å²) < 4.78 is 23.2. The van der Waals surface area contributed by atoms with Crippen LogP contribution in [0.4, 0.5) is 4.79 Å². The van der Waals surface area contributed by atoms with Gasteiger partial charge in [-0.2, -0.15) is 0 Å². The van der Waals surface area contributed by atoms with Crippen LogP contribution in [0, 0.1) is 11.8 Å². The van der Waals surface area contributed by atoms with Crippen LogP contribution in [-0.2, 0) is 33.3 Å². The lowest BCUT2D eigenvalue weighted by molar-refractivity contribution is -0.146. The highest BCUT2D eigenvalue weighted by molar-refractivity contribution is 5.70. The van der Waals surface area contributed by atoms with Crippen LogP contribution in [-0.4, -0.2) is 93.5 Å². The zero-order valence-corrected chi connectivity index (χ0v) is 46.0. The molecule has 0 rings (SSSR count). The smallest absolute Gasteiger partial charge is 0.410 e. The van der Waals surface area contributed by atoms with Gasteiger partial charge >= 0.3 is 24.0 Å². The van der Waals surface area contributed by atoms with Crippen LogP contribution in [0.2, 0.25) is 0 Å². The second kappa shape index (κ2) is 49.6. The number of unbranched alkanes of at least 4 members (excludes halogenated alkanes) is 20. The minimum atomic E-state index is -0.237. The second-order valence-corrected chi connectivity index (χ2v) is 20.6. The number of rotatable bonds is 51. The first-order valence-corrected chi connectivity index (χ1v) is 29.2. The lowest BCUT2D eigenvalue weighted by atomic mass is 9.96. The van der Waals surface area contributed by atoms with E-state index in [-0.39, 0.29) is 30.1 Å². The average molecular weight is 966 g/mol. The molecule has 0 saturated carbocycles. The first kappa shape index (κ1) is 65.6. The molecule has 10 heteroatoms. The normalized spacial score (nSPS) is 12.8. The van der Waals surface area contributed by atoms with Gasteiger partial charge in [-0.3, -0.25) is 14.4 Å². The summed E-state index contributed by atoms with van der Waals surface area (Å²) in [4.78, 5) is 55.1. The predicted octanol–water partition coefficient (Wildman–Crippen LogP) is 16.1. The number of amides is 1. The van der Waals surface area contributed by atoms with Crippen LogP contribution < -0.4 is 0 Å². The van der Waals surface area contributed by atoms with E-state index < -0.39 is 0 Å². The lowest BCUT2D eigenvalue weighted by Crippen LogP contribution is -2.37. The van der Waals surface area contributed by atoms with Gasteiger partial charge in [0.15, 0.2) is 0 Å². The number of carbonyl (C=O) groups is 4. The van der Waals surface area contributed by atoms with E-state index in [1.807, 2.05) is 19.0 Å². The van der Waals surface area contributed by atoms with Gasteiger partial charge in [0.1, 0.15) is 6.10 Å². The zero-order chi connectivity index (χ0) is 50.1. The maximum Gasteiger partial charge on any atom is 0.410 e. The van der Waals surface area contributed by atoms with Crippen LogP contribution in [0.3, 0.4) is 0 Å². The van der Waals surface area contributed by atoms with Crippen LogP contribution in [0.25, 0.3) is 0 Å². The monoisotopic (exact) mass is 965 g/mol. The average Bonchev–Trinajstić information content (AvgIpc) is 3.32. The molecule has 0 aliphatic carbocycles. The number of nitrogens with zero attached hydrogens (tertiary/aromatic N) is 2. The number of ether oxygens (including phenoxy) is 4. The summed E-state index contributed by atoms with van der Waals surface area (Å²) in [5.74, 6) is 0.757. The molecule has 2 atom stereocenters. The molecule has 0 N–H and O–H groups in total. The van der Waals surface area contributed by atoms with Crippen molar-refractivity contribution in [3.05, 3.63) is 0 Å². The van der Waals surface area contributed by atoms with Gasteiger partial charge in [0.2, 0.25) is 0 Å². The third-order valence-corrected chi connectivity index (χ3v) is 13.5. The van der Waals surface area contributed by atoms with Crippen molar-refractivity contribution < 1.29 is 38.1 Å². The van der Waals surface area contributed by atoms with E-state index in [1.165, 1.54) is 89.9 Å². The highest BCUT2D eigenvalue weighted by atomic mass is 16.6. The van der Waals surface area contributed by atoms with Gasteiger partial charge < -0.3 is 28.7 Å². The van der Waals surface area contributed by atoms with Crippen molar-refractivity contribution in [3.8, 4) is 0 Å². The zero-order valence-electron chi connectivity index (χ0n) is 46.0. The standard InChI is InChI=1S/C58H112N2O8/c1-8-13-18-28-39-52(37-15-10-3)50-66-56(62)43-32-26-22-20-24-30-41-54(68-58(64)60(48-36-46-59(6)7)47-35-34-45-55(61)65-49-17-12-5)42-31-25-21-23-27-33-44-57(63)67-51-53(38-16-11-4)40-29-19-14-9-2/h52-54H,8-51H2,1-7H3. The maximum absolute atomic E-state index is 13.8. The predicted molar refractivity (Wildman–Crippen MR) is 284 cm³/mol. The molecule has 10 nitrogen and oxygen atoms in total. The summed E-state index contributed by atoms with van der Waals surface area (Å²) in [5, 5.41) is 0. The molecule has 0 aliphatic rings. The molecule has 68 heavy (non-hydrogen) atoms. The Balaban J connectivity index is 5.03. The van der Waals surface area contributed by atoms with Crippen molar-refractivity contribution >= 4 is 24.0 Å². The maximum atomic E-state index is 13.8. The second-order valence-electron chi connectivity index (χ2n) is 20.6. The topological polar surface area (TPSA) is 112 Å². The Kier molecular flexibility index (Phi) is 47.9. The molecule has 402 valence electrons. The van der Waals surface area contributed by atoms with Crippen molar-refractivity contribution in [1.82, 2.24) is 9.80 Å². The van der Waals surface area contributed by atoms with E-state index in [1.54, 1.807) is 0 Å². The Bertz CT molecular complexity index is 1100. The number of hydrogen-bond acceptors (Lipinski definition) is 9. The Hall–Kier alpha value is -2.36. The number of carbonyl (C=O) groups excluding carboxylic acids is 4. The summed E-state index contributed by atoms with van der Waals surface area (Å²) in [7, 11) is 4.10. The third-order valence-electron chi connectivity index (χ3n) is 13.5. The van der Waals surface area contributed by atoms with Gasteiger partial charge in [-0.1, -0.05) is 169 Å². The van der Waals surface area contributed by atoms with E-state index in [2.05, 4.69) is 39.5 Å². The fraction of sp³-hybridized carbons (Fsp3) is 0.931. The quantitative estimate of drug-likeness (QED) is 0.0334. The van der Waals surface area contributed by atoms with Crippen molar-refractivity contribution in [2.45, 2.75) is 285 Å². The van der Waals surface area contributed by atoms with Crippen LogP contribution in [0.1, 0.15) is 279 Å². The third kappa shape index (κ3) is 43.6. The van der Waals surface area contributed by atoms with Crippen molar-refractivity contribution in [2.24, 2.45) is 11.8 Å². The van der Waals surface area contributed by atoms with Crippen LogP contribution in [0.15, 0.2) is 0 Å². The molecular weight excluding hydrogens is 853 g/mol. The van der Waals surface area contributed by atoms with Crippen LogP contribution in [0.5, 0.6) is 0 Å². The molecular formula is C58H112N2O8. The molecule has 0 aromatic carbocycles. The first-order chi connectivity index (χ1) is 33.1. The Labute approximate surface area is 420 Å². The summed E-state index contributed by atoms with van der Waals surface area (Å²) in [5.41, 5.74) is 0. The summed E-state index contributed by atoms with van der Waals surface area (Å²) in [6.07, 6.45) is 38.8. The molecule has 1 amide bonds. The molecule has 2 unspecified atom stereocenters. The minimum Gasteiger partial charge on any atom is -0.466 e. The van der Waals surface area contributed by atoms with Gasteiger partial charge in [0.05, 0.1) is 19.8 Å². The number of esters is 3. The van der Waals surface area contributed by atoms with Gasteiger partial charge in [-0.15, -0.1) is 0 Å².